The van der Waals surface area contributed by atoms with Crippen molar-refractivity contribution in [3.8, 4) is 0 Å². The third-order valence-corrected chi connectivity index (χ3v) is 3.26. The molecular weight excluding hydrogens is 266 g/mol. The summed E-state index contributed by atoms with van der Waals surface area (Å²) in [6.07, 6.45) is 2.88. The zero-order chi connectivity index (χ0) is 14.9. The first-order valence-corrected chi connectivity index (χ1v) is 7.39. The summed E-state index contributed by atoms with van der Waals surface area (Å²) in [6, 6.07) is 10.5. The van der Waals surface area contributed by atoms with Gasteiger partial charge < -0.3 is 14.6 Å². The van der Waals surface area contributed by atoms with E-state index in [2.05, 4.69) is 34.5 Å². The van der Waals surface area contributed by atoms with E-state index in [0.717, 1.165) is 18.7 Å². The van der Waals surface area contributed by atoms with Crippen LogP contribution >= 0.6 is 0 Å². The van der Waals surface area contributed by atoms with Gasteiger partial charge in [-0.3, -0.25) is 0 Å². The lowest BCUT2D eigenvalue weighted by Gasteiger charge is -2.15. The van der Waals surface area contributed by atoms with Crippen LogP contribution < -0.4 is 5.32 Å². The highest BCUT2D eigenvalue weighted by atomic mass is 16.5. The Bertz CT molecular complexity index is 507. The van der Waals surface area contributed by atoms with Crippen molar-refractivity contribution in [3.05, 3.63) is 47.6 Å². The van der Waals surface area contributed by atoms with Crippen LogP contribution in [0.1, 0.15) is 37.0 Å². The van der Waals surface area contributed by atoms with Crippen molar-refractivity contribution in [2.24, 2.45) is 0 Å². The molecule has 0 fully saturated rings. The van der Waals surface area contributed by atoms with E-state index in [1.807, 2.05) is 18.2 Å². The van der Waals surface area contributed by atoms with E-state index < -0.39 is 0 Å². The molecule has 0 amide bonds. The predicted octanol–water partition coefficient (Wildman–Crippen LogP) is 2.57. The van der Waals surface area contributed by atoms with Gasteiger partial charge in [0.05, 0.1) is 13.2 Å². The fourth-order valence-electron chi connectivity index (χ4n) is 2.24. The Morgan fingerprint density at radius 2 is 2.10 bits per heavy atom. The lowest BCUT2D eigenvalue weighted by Crippen LogP contribution is -2.32. The van der Waals surface area contributed by atoms with Gasteiger partial charge >= 0.3 is 0 Å². The molecule has 21 heavy (non-hydrogen) atoms. The van der Waals surface area contributed by atoms with Crippen molar-refractivity contribution in [2.45, 2.75) is 38.8 Å². The number of nitrogens with one attached hydrogen (secondary N) is 1. The molecule has 0 bridgehead atoms. The van der Waals surface area contributed by atoms with Crippen LogP contribution in [0.15, 0.2) is 34.9 Å². The Balaban J connectivity index is 1.85. The molecule has 1 aromatic heterocycles. The highest BCUT2D eigenvalue weighted by Gasteiger charge is 2.11. The van der Waals surface area contributed by atoms with Crippen LogP contribution in [0.25, 0.3) is 0 Å². The maximum Gasteiger partial charge on any atom is 0.240 e. The van der Waals surface area contributed by atoms with Gasteiger partial charge in [0, 0.05) is 19.6 Å². The lowest BCUT2D eigenvalue weighted by molar-refractivity contribution is 0.159. The van der Waals surface area contributed by atoms with Crippen molar-refractivity contribution in [1.29, 1.82) is 0 Å². The SMILES string of the molecule is CCCC(COC)NCc1nc(Cc2ccccc2)no1. The van der Waals surface area contributed by atoms with Gasteiger partial charge in [-0.25, -0.2) is 0 Å². The molecule has 0 saturated heterocycles. The highest BCUT2D eigenvalue weighted by Crippen LogP contribution is 2.07. The van der Waals surface area contributed by atoms with E-state index in [-0.39, 0.29) is 0 Å². The zero-order valence-electron chi connectivity index (χ0n) is 12.7. The molecule has 0 spiro atoms. The van der Waals surface area contributed by atoms with Crippen LogP contribution in [0.3, 0.4) is 0 Å². The molecule has 1 N–H and O–H groups in total. The number of benzene rings is 1. The van der Waals surface area contributed by atoms with E-state index >= 15 is 0 Å². The molecule has 1 atom stereocenters. The van der Waals surface area contributed by atoms with E-state index in [9.17, 15) is 0 Å². The van der Waals surface area contributed by atoms with Gasteiger partial charge in [0.15, 0.2) is 5.82 Å². The minimum absolute atomic E-state index is 0.324. The second kappa shape index (κ2) is 8.54. The molecule has 114 valence electrons. The predicted molar refractivity (Wildman–Crippen MR) is 81.0 cm³/mol. The number of nitrogens with zero attached hydrogens (tertiary/aromatic N) is 2. The smallest absolute Gasteiger partial charge is 0.240 e. The van der Waals surface area contributed by atoms with Crippen molar-refractivity contribution < 1.29 is 9.26 Å². The first-order valence-electron chi connectivity index (χ1n) is 7.39. The molecule has 1 heterocycles. The molecular formula is C16H23N3O2. The third kappa shape index (κ3) is 5.28. The molecule has 5 nitrogen and oxygen atoms in total. The molecule has 0 aliphatic carbocycles. The third-order valence-electron chi connectivity index (χ3n) is 3.26. The normalized spacial score (nSPS) is 12.5. The zero-order valence-corrected chi connectivity index (χ0v) is 12.7. The molecule has 0 aliphatic heterocycles. The molecule has 2 aromatic rings. The van der Waals surface area contributed by atoms with E-state index in [0.29, 0.717) is 31.5 Å². The second-order valence-electron chi connectivity index (χ2n) is 5.09. The fourth-order valence-corrected chi connectivity index (χ4v) is 2.24. The van der Waals surface area contributed by atoms with Gasteiger partial charge in [0.2, 0.25) is 5.89 Å². The van der Waals surface area contributed by atoms with Crippen LogP contribution in [-0.2, 0) is 17.7 Å². The average molecular weight is 289 g/mol. The minimum Gasteiger partial charge on any atom is -0.383 e. The fraction of sp³-hybridized carbons (Fsp3) is 0.500. The van der Waals surface area contributed by atoms with Crippen molar-refractivity contribution in [3.63, 3.8) is 0 Å². The maximum atomic E-state index is 5.28. The number of hydrogen-bond donors (Lipinski definition) is 1. The Labute approximate surface area is 125 Å². The van der Waals surface area contributed by atoms with Crippen LogP contribution in [0, 0.1) is 0 Å². The summed E-state index contributed by atoms with van der Waals surface area (Å²) in [7, 11) is 1.72. The quantitative estimate of drug-likeness (QED) is 0.769. The summed E-state index contributed by atoms with van der Waals surface area (Å²) in [6.45, 7) is 3.43. The molecule has 0 saturated carbocycles. The van der Waals surface area contributed by atoms with E-state index in [4.69, 9.17) is 9.26 Å². The minimum atomic E-state index is 0.324. The summed E-state index contributed by atoms with van der Waals surface area (Å²) in [4.78, 5) is 4.42. The summed E-state index contributed by atoms with van der Waals surface area (Å²) in [5.41, 5.74) is 1.18. The van der Waals surface area contributed by atoms with Gasteiger partial charge in [-0.15, -0.1) is 0 Å². The van der Waals surface area contributed by atoms with Gasteiger partial charge in [-0.05, 0) is 12.0 Å². The maximum absolute atomic E-state index is 5.28. The Kier molecular flexibility index (Phi) is 6.37. The summed E-state index contributed by atoms with van der Waals surface area (Å²) >= 11 is 0. The number of rotatable bonds is 9. The lowest BCUT2D eigenvalue weighted by atomic mass is 10.1. The molecule has 0 radical (unpaired) electrons. The first-order chi connectivity index (χ1) is 10.3. The van der Waals surface area contributed by atoms with Gasteiger partial charge in [0.1, 0.15) is 0 Å². The topological polar surface area (TPSA) is 60.2 Å². The van der Waals surface area contributed by atoms with Gasteiger partial charge in [0.25, 0.3) is 0 Å². The number of hydrogen-bond acceptors (Lipinski definition) is 5. The number of aromatic nitrogens is 2. The number of methoxy groups -OCH3 is 1. The van der Waals surface area contributed by atoms with Crippen LogP contribution in [-0.4, -0.2) is 29.9 Å². The largest absolute Gasteiger partial charge is 0.383 e. The molecule has 1 unspecified atom stereocenters. The molecule has 0 aliphatic rings. The Hall–Kier alpha value is -1.72. The van der Waals surface area contributed by atoms with Crippen LogP contribution in [0.2, 0.25) is 0 Å². The second-order valence-corrected chi connectivity index (χ2v) is 5.09. The summed E-state index contributed by atoms with van der Waals surface area (Å²) in [5, 5.41) is 7.42. The van der Waals surface area contributed by atoms with Crippen molar-refractivity contribution >= 4 is 0 Å². The van der Waals surface area contributed by atoms with Crippen molar-refractivity contribution in [1.82, 2.24) is 15.5 Å². The Morgan fingerprint density at radius 1 is 1.29 bits per heavy atom. The standard InChI is InChI=1S/C16H23N3O2/c1-3-7-14(12-20-2)17-11-16-18-15(19-21-16)10-13-8-5-4-6-9-13/h4-6,8-9,14,17H,3,7,10-12H2,1-2H3. The van der Waals surface area contributed by atoms with Crippen LogP contribution in [0.4, 0.5) is 0 Å². The summed E-state index contributed by atoms with van der Waals surface area (Å²) in [5.74, 6) is 1.34. The summed E-state index contributed by atoms with van der Waals surface area (Å²) < 4.78 is 10.5. The first kappa shape index (κ1) is 15.7. The molecule has 2 rings (SSSR count). The van der Waals surface area contributed by atoms with E-state index in [1.165, 1.54) is 5.56 Å². The Morgan fingerprint density at radius 3 is 2.81 bits per heavy atom. The van der Waals surface area contributed by atoms with Gasteiger partial charge in [-0.1, -0.05) is 48.8 Å². The highest BCUT2D eigenvalue weighted by molar-refractivity contribution is 5.18. The molecule has 1 aromatic carbocycles. The monoisotopic (exact) mass is 289 g/mol. The van der Waals surface area contributed by atoms with E-state index in [1.54, 1.807) is 7.11 Å². The van der Waals surface area contributed by atoms with Gasteiger partial charge in [-0.2, -0.15) is 4.98 Å². The van der Waals surface area contributed by atoms with Crippen molar-refractivity contribution in [2.75, 3.05) is 13.7 Å². The van der Waals surface area contributed by atoms with Crippen LogP contribution in [0.5, 0.6) is 0 Å². The average Bonchev–Trinajstić information content (AvgIpc) is 2.94. The molecule has 5 heteroatoms. The number of ether oxygens (including phenoxy) is 1.